The van der Waals surface area contributed by atoms with E-state index in [1.165, 1.54) is 5.56 Å². The molecular formula is C29H31N7O2. The summed E-state index contributed by atoms with van der Waals surface area (Å²) in [6.07, 6.45) is 10.6. The van der Waals surface area contributed by atoms with Crippen LogP contribution in [0, 0.1) is 0 Å². The third kappa shape index (κ3) is 4.89. The number of hydrogen-bond acceptors (Lipinski definition) is 7. The molecular weight excluding hydrogens is 478 g/mol. The predicted molar refractivity (Wildman–Crippen MR) is 143 cm³/mol. The lowest BCUT2D eigenvalue weighted by Crippen LogP contribution is -2.35. The van der Waals surface area contributed by atoms with Crippen LogP contribution in [0.5, 0.6) is 0 Å². The van der Waals surface area contributed by atoms with Gasteiger partial charge in [-0.2, -0.15) is 0 Å². The molecule has 0 unspecified atom stereocenters. The molecule has 1 aliphatic rings. The summed E-state index contributed by atoms with van der Waals surface area (Å²) in [5.41, 5.74) is 3.51. The Hall–Kier alpha value is -4.11. The van der Waals surface area contributed by atoms with Crippen LogP contribution in [0.1, 0.15) is 73.0 Å². The maximum atomic E-state index is 13.7. The van der Waals surface area contributed by atoms with Gasteiger partial charge in [0.15, 0.2) is 5.82 Å². The van der Waals surface area contributed by atoms with Gasteiger partial charge in [-0.1, -0.05) is 31.9 Å². The lowest BCUT2D eigenvalue weighted by molar-refractivity contribution is 0.176. The van der Waals surface area contributed by atoms with Crippen LogP contribution in [0.15, 0.2) is 76.4 Å². The maximum Gasteiger partial charge on any atom is 0.253 e. The number of benzene rings is 1. The number of nitrogens with zero attached hydrogens (tertiary/aromatic N) is 6. The molecule has 0 bridgehead atoms. The number of nitrogens with one attached hydrogen (secondary N) is 1. The van der Waals surface area contributed by atoms with Crippen molar-refractivity contribution in [1.82, 2.24) is 35.1 Å². The highest BCUT2D eigenvalue weighted by Gasteiger charge is 2.34. The minimum Gasteiger partial charge on any atom is -0.468 e. The molecule has 38 heavy (non-hydrogen) atoms. The van der Waals surface area contributed by atoms with Crippen molar-refractivity contribution < 1.29 is 4.42 Å². The van der Waals surface area contributed by atoms with Crippen molar-refractivity contribution in [3.63, 3.8) is 0 Å². The van der Waals surface area contributed by atoms with Crippen LogP contribution in [0.4, 0.5) is 0 Å². The largest absolute Gasteiger partial charge is 0.468 e. The van der Waals surface area contributed by atoms with Crippen molar-refractivity contribution >= 4 is 10.9 Å². The first kappa shape index (κ1) is 24.2. The highest BCUT2D eigenvalue weighted by Crippen LogP contribution is 2.35. The van der Waals surface area contributed by atoms with Gasteiger partial charge in [0.2, 0.25) is 0 Å². The summed E-state index contributed by atoms with van der Waals surface area (Å²) in [7, 11) is 0. The first-order valence-corrected chi connectivity index (χ1v) is 13.3. The fraction of sp³-hybridized carbons (Fsp3) is 0.345. The van der Waals surface area contributed by atoms with Gasteiger partial charge in [0.05, 0.1) is 18.8 Å². The van der Waals surface area contributed by atoms with Crippen molar-refractivity contribution in [2.75, 3.05) is 0 Å². The summed E-state index contributed by atoms with van der Waals surface area (Å²) in [6.45, 7) is 3.13. The molecule has 1 N–H and O–H groups in total. The number of aromatic amines is 1. The Kier molecular flexibility index (Phi) is 6.83. The SMILES string of the molecule is CCc1ccc2[nH]c(=O)c([C@@H](c3nnnn3C3CCCC3)N(Cc3cccnc3)Cc3ccco3)cc2c1. The van der Waals surface area contributed by atoms with Gasteiger partial charge in [-0.15, -0.1) is 5.10 Å². The number of pyridine rings is 2. The molecule has 1 aliphatic carbocycles. The van der Waals surface area contributed by atoms with Crippen LogP contribution in [0.2, 0.25) is 0 Å². The smallest absolute Gasteiger partial charge is 0.253 e. The number of aromatic nitrogens is 6. The molecule has 0 radical (unpaired) electrons. The van der Waals surface area contributed by atoms with E-state index in [1.807, 2.05) is 47.3 Å². The molecule has 0 spiro atoms. The summed E-state index contributed by atoms with van der Waals surface area (Å²) in [4.78, 5) is 23.4. The normalized spacial score (nSPS) is 15.0. The average Bonchev–Trinajstić information content (AvgIpc) is 3.73. The second-order valence-corrected chi connectivity index (χ2v) is 10.00. The van der Waals surface area contributed by atoms with Gasteiger partial charge in [0.1, 0.15) is 11.8 Å². The van der Waals surface area contributed by atoms with E-state index >= 15 is 0 Å². The fourth-order valence-electron chi connectivity index (χ4n) is 5.55. The number of furan rings is 1. The van der Waals surface area contributed by atoms with E-state index in [9.17, 15) is 4.79 Å². The van der Waals surface area contributed by atoms with Crippen LogP contribution in [0.3, 0.4) is 0 Å². The van der Waals surface area contributed by atoms with Gasteiger partial charge in [-0.05, 0) is 82.6 Å². The molecule has 0 saturated heterocycles. The van der Waals surface area contributed by atoms with Gasteiger partial charge >= 0.3 is 0 Å². The van der Waals surface area contributed by atoms with Crippen LogP contribution in [-0.4, -0.2) is 35.1 Å². The lowest BCUT2D eigenvalue weighted by Gasteiger charge is -2.31. The van der Waals surface area contributed by atoms with Crippen molar-refractivity contribution in [1.29, 1.82) is 0 Å². The molecule has 9 heteroatoms. The molecule has 1 aromatic carbocycles. The van der Waals surface area contributed by atoms with Gasteiger partial charge < -0.3 is 9.40 Å². The molecule has 9 nitrogen and oxygen atoms in total. The zero-order valence-corrected chi connectivity index (χ0v) is 21.5. The molecule has 1 saturated carbocycles. The van der Waals surface area contributed by atoms with Crippen LogP contribution >= 0.6 is 0 Å². The Labute approximate surface area is 220 Å². The van der Waals surface area contributed by atoms with Gasteiger partial charge in [-0.3, -0.25) is 14.7 Å². The summed E-state index contributed by atoms with van der Waals surface area (Å²) in [5, 5.41) is 14.1. The van der Waals surface area contributed by atoms with Gasteiger partial charge in [-0.25, -0.2) is 4.68 Å². The van der Waals surface area contributed by atoms with Gasteiger partial charge in [0, 0.05) is 30.0 Å². The minimum absolute atomic E-state index is 0.150. The zero-order chi connectivity index (χ0) is 25.9. The standard InChI is InChI=1S/C29H31N7O2/c1-2-20-11-12-26-22(15-20)16-25(29(37)31-26)27(28-32-33-34-36(28)23-8-3-4-9-23)35(19-24-10-6-14-38-24)18-21-7-5-13-30-17-21/h5-7,10-17,23,27H,2-4,8-9,18-19H2,1H3,(H,31,37)/t27-/m0/s1. The van der Waals surface area contributed by atoms with Crippen molar-refractivity contribution in [2.24, 2.45) is 0 Å². The maximum absolute atomic E-state index is 13.7. The van der Waals surface area contributed by atoms with Crippen molar-refractivity contribution in [3.8, 4) is 0 Å². The Balaban J connectivity index is 1.53. The lowest BCUT2D eigenvalue weighted by atomic mass is 10.0. The molecule has 5 aromatic rings. The molecule has 0 amide bonds. The third-order valence-corrected chi connectivity index (χ3v) is 7.49. The molecule has 194 valence electrons. The van der Waals surface area contributed by atoms with Crippen molar-refractivity contribution in [3.05, 3.63) is 106 Å². The zero-order valence-electron chi connectivity index (χ0n) is 21.5. The second-order valence-electron chi connectivity index (χ2n) is 10.00. The van der Waals surface area contributed by atoms with Crippen molar-refractivity contribution in [2.45, 2.75) is 64.2 Å². The fourth-order valence-corrected chi connectivity index (χ4v) is 5.55. The monoisotopic (exact) mass is 509 g/mol. The number of hydrogen-bond donors (Lipinski definition) is 1. The first-order chi connectivity index (χ1) is 18.7. The third-order valence-electron chi connectivity index (χ3n) is 7.49. The Morgan fingerprint density at radius 3 is 2.76 bits per heavy atom. The first-order valence-electron chi connectivity index (χ1n) is 13.3. The minimum atomic E-state index is -0.505. The van der Waals surface area contributed by atoms with E-state index in [2.05, 4.69) is 49.4 Å². The van der Waals surface area contributed by atoms with E-state index in [4.69, 9.17) is 4.42 Å². The molecule has 6 rings (SSSR count). The Morgan fingerprint density at radius 1 is 1.11 bits per heavy atom. The molecule has 1 atom stereocenters. The molecule has 4 heterocycles. The second kappa shape index (κ2) is 10.7. The predicted octanol–water partition coefficient (Wildman–Crippen LogP) is 4.97. The van der Waals surface area contributed by atoms with E-state index < -0.39 is 6.04 Å². The molecule has 1 fully saturated rings. The quantitative estimate of drug-likeness (QED) is 0.299. The highest BCUT2D eigenvalue weighted by atomic mass is 16.3. The molecule has 0 aliphatic heterocycles. The van der Waals surface area contributed by atoms with E-state index in [-0.39, 0.29) is 11.6 Å². The number of fused-ring (bicyclic) bond motifs is 1. The molecule has 4 aromatic heterocycles. The van der Waals surface area contributed by atoms with E-state index in [1.54, 1.807) is 12.5 Å². The van der Waals surface area contributed by atoms with E-state index in [0.29, 0.717) is 24.5 Å². The Bertz CT molecular complexity index is 1550. The average molecular weight is 510 g/mol. The summed E-state index contributed by atoms with van der Waals surface area (Å²) in [5.74, 6) is 1.47. The number of aryl methyl sites for hydroxylation is 1. The van der Waals surface area contributed by atoms with Crippen LogP contribution < -0.4 is 5.56 Å². The summed E-state index contributed by atoms with van der Waals surface area (Å²) >= 11 is 0. The number of tetrazole rings is 1. The topological polar surface area (TPSA) is 106 Å². The van der Waals surface area contributed by atoms with Gasteiger partial charge in [0.25, 0.3) is 5.56 Å². The summed E-state index contributed by atoms with van der Waals surface area (Å²) < 4.78 is 7.71. The highest BCUT2D eigenvalue weighted by molar-refractivity contribution is 5.80. The Morgan fingerprint density at radius 2 is 2.00 bits per heavy atom. The van der Waals surface area contributed by atoms with E-state index in [0.717, 1.165) is 54.3 Å². The summed E-state index contributed by atoms with van der Waals surface area (Å²) in [6, 6.07) is 15.7. The van der Waals surface area contributed by atoms with Crippen LogP contribution in [0.25, 0.3) is 10.9 Å². The number of H-pyrrole nitrogens is 1. The number of rotatable bonds is 9. The van der Waals surface area contributed by atoms with Crippen LogP contribution in [-0.2, 0) is 19.5 Å².